The Bertz CT molecular complexity index is 719. The highest BCUT2D eigenvalue weighted by Crippen LogP contribution is 2.41. The standard InChI is InChI=1S/C18H24N4O3/c1-21-10-14(9-20-21)11-22-12-18(13-22)15(5-8-25-18)4-6-19-17(23)16-3-2-7-24-16/h2-3,7,9-10,15H,4-6,8,11-13H2,1H3,(H,19,23)/t15-/m0/s1. The molecule has 0 unspecified atom stereocenters. The van der Waals surface area contributed by atoms with E-state index in [1.54, 1.807) is 12.1 Å². The Hall–Kier alpha value is -2.12. The summed E-state index contributed by atoms with van der Waals surface area (Å²) >= 11 is 0. The molecule has 25 heavy (non-hydrogen) atoms. The van der Waals surface area contributed by atoms with Crippen LogP contribution in [0.3, 0.4) is 0 Å². The molecule has 1 amide bonds. The van der Waals surface area contributed by atoms with E-state index in [4.69, 9.17) is 9.15 Å². The molecule has 2 aromatic heterocycles. The van der Waals surface area contributed by atoms with E-state index >= 15 is 0 Å². The van der Waals surface area contributed by atoms with Gasteiger partial charge in [0.05, 0.1) is 18.1 Å². The maximum Gasteiger partial charge on any atom is 0.286 e. The number of carbonyl (C=O) groups is 1. The Morgan fingerprint density at radius 2 is 2.36 bits per heavy atom. The molecule has 1 N–H and O–H groups in total. The van der Waals surface area contributed by atoms with Gasteiger partial charge in [0, 0.05) is 51.6 Å². The molecule has 1 spiro atoms. The molecule has 2 aliphatic heterocycles. The second-order valence-corrected chi connectivity index (χ2v) is 7.09. The second kappa shape index (κ2) is 6.65. The minimum absolute atomic E-state index is 0.0301. The summed E-state index contributed by atoms with van der Waals surface area (Å²) in [6.07, 6.45) is 7.49. The summed E-state index contributed by atoms with van der Waals surface area (Å²) in [5.41, 5.74) is 1.20. The SMILES string of the molecule is Cn1cc(CN2CC3(C2)OCC[C@@H]3CCNC(=O)c2ccco2)cn1. The summed E-state index contributed by atoms with van der Waals surface area (Å²) < 4.78 is 13.0. The third-order valence-electron chi connectivity index (χ3n) is 5.27. The van der Waals surface area contributed by atoms with Gasteiger partial charge in [-0.25, -0.2) is 0 Å². The molecular formula is C18H24N4O3. The van der Waals surface area contributed by atoms with Crippen molar-refractivity contribution in [1.82, 2.24) is 20.0 Å². The number of rotatable bonds is 6. The average Bonchev–Trinajstić information content (AvgIpc) is 3.28. The topological polar surface area (TPSA) is 72.5 Å². The van der Waals surface area contributed by atoms with Crippen molar-refractivity contribution in [2.75, 3.05) is 26.2 Å². The van der Waals surface area contributed by atoms with Crippen molar-refractivity contribution in [3.63, 3.8) is 0 Å². The van der Waals surface area contributed by atoms with Gasteiger partial charge in [0.15, 0.2) is 5.76 Å². The van der Waals surface area contributed by atoms with Crippen LogP contribution in [0.5, 0.6) is 0 Å². The lowest BCUT2D eigenvalue weighted by Gasteiger charge is -2.50. The van der Waals surface area contributed by atoms with Gasteiger partial charge in [0.1, 0.15) is 0 Å². The first-order valence-electron chi connectivity index (χ1n) is 8.80. The number of hydrogen-bond acceptors (Lipinski definition) is 5. The summed E-state index contributed by atoms with van der Waals surface area (Å²) in [5.74, 6) is 0.711. The van der Waals surface area contributed by atoms with Crippen molar-refractivity contribution in [2.24, 2.45) is 13.0 Å². The number of furan rings is 1. The molecule has 2 fully saturated rings. The van der Waals surface area contributed by atoms with Gasteiger partial charge in [0.25, 0.3) is 5.91 Å². The number of likely N-dealkylation sites (tertiary alicyclic amines) is 1. The number of aryl methyl sites for hydroxylation is 1. The molecule has 0 radical (unpaired) electrons. The van der Waals surface area contributed by atoms with Crippen molar-refractivity contribution in [3.05, 3.63) is 42.1 Å². The van der Waals surface area contributed by atoms with E-state index < -0.39 is 0 Å². The Kier molecular flexibility index (Phi) is 4.35. The average molecular weight is 344 g/mol. The zero-order valence-corrected chi connectivity index (χ0v) is 14.5. The van der Waals surface area contributed by atoms with E-state index in [9.17, 15) is 4.79 Å². The number of nitrogens with zero attached hydrogens (tertiary/aromatic N) is 3. The van der Waals surface area contributed by atoms with Crippen LogP contribution in [-0.2, 0) is 18.3 Å². The van der Waals surface area contributed by atoms with E-state index in [1.165, 1.54) is 11.8 Å². The van der Waals surface area contributed by atoms with Gasteiger partial charge in [-0.05, 0) is 30.9 Å². The fourth-order valence-corrected chi connectivity index (χ4v) is 4.03. The van der Waals surface area contributed by atoms with Gasteiger partial charge in [-0.2, -0.15) is 5.10 Å². The van der Waals surface area contributed by atoms with Crippen molar-refractivity contribution < 1.29 is 13.9 Å². The summed E-state index contributed by atoms with van der Waals surface area (Å²) in [6.45, 7) is 4.30. The van der Waals surface area contributed by atoms with Gasteiger partial charge in [0.2, 0.25) is 0 Å². The van der Waals surface area contributed by atoms with Crippen LogP contribution < -0.4 is 5.32 Å². The van der Waals surface area contributed by atoms with Gasteiger partial charge in [-0.3, -0.25) is 14.4 Å². The molecule has 4 heterocycles. The first-order chi connectivity index (χ1) is 12.1. The Morgan fingerprint density at radius 1 is 1.48 bits per heavy atom. The third-order valence-corrected chi connectivity index (χ3v) is 5.27. The largest absolute Gasteiger partial charge is 0.459 e. The molecule has 2 saturated heterocycles. The minimum atomic E-state index is -0.148. The van der Waals surface area contributed by atoms with E-state index in [0.29, 0.717) is 18.2 Å². The highest BCUT2D eigenvalue weighted by Gasteiger charge is 2.52. The summed E-state index contributed by atoms with van der Waals surface area (Å²) in [6, 6.07) is 3.40. The zero-order chi connectivity index (χ0) is 17.3. The summed E-state index contributed by atoms with van der Waals surface area (Å²) in [4.78, 5) is 14.3. The lowest BCUT2D eigenvalue weighted by molar-refractivity contribution is -0.136. The minimum Gasteiger partial charge on any atom is -0.459 e. The van der Waals surface area contributed by atoms with Crippen LogP contribution in [0.15, 0.2) is 35.2 Å². The van der Waals surface area contributed by atoms with Crippen LogP contribution in [-0.4, -0.2) is 52.4 Å². The molecular weight excluding hydrogens is 320 g/mol. The Balaban J connectivity index is 1.25. The number of hydrogen-bond donors (Lipinski definition) is 1. The predicted octanol–water partition coefficient (Wildman–Crippen LogP) is 1.42. The number of amides is 1. The summed E-state index contributed by atoms with van der Waals surface area (Å²) in [7, 11) is 1.94. The Labute approximate surface area is 146 Å². The van der Waals surface area contributed by atoms with Crippen LogP contribution >= 0.6 is 0 Å². The van der Waals surface area contributed by atoms with E-state index in [2.05, 4.69) is 21.5 Å². The molecule has 0 aliphatic carbocycles. The first-order valence-corrected chi connectivity index (χ1v) is 8.80. The normalized spacial score (nSPS) is 22.2. The van der Waals surface area contributed by atoms with Crippen LogP contribution in [0.4, 0.5) is 0 Å². The van der Waals surface area contributed by atoms with Crippen molar-refractivity contribution in [2.45, 2.75) is 25.0 Å². The van der Waals surface area contributed by atoms with E-state index in [-0.39, 0.29) is 11.5 Å². The molecule has 0 bridgehead atoms. The van der Waals surface area contributed by atoms with E-state index in [0.717, 1.165) is 39.1 Å². The van der Waals surface area contributed by atoms with Crippen LogP contribution in [0.1, 0.15) is 29.0 Å². The molecule has 134 valence electrons. The number of nitrogens with one attached hydrogen (secondary N) is 1. The molecule has 0 aromatic carbocycles. The maximum absolute atomic E-state index is 11.9. The number of ether oxygens (including phenoxy) is 1. The highest BCUT2D eigenvalue weighted by atomic mass is 16.5. The Morgan fingerprint density at radius 3 is 3.08 bits per heavy atom. The monoisotopic (exact) mass is 344 g/mol. The third kappa shape index (κ3) is 3.34. The molecule has 2 aliphatic rings. The fraction of sp³-hybridized carbons (Fsp3) is 0.556. The quantitative estimate of drug-likeness (QED) is 0.858. The number of carbonyl (C=O) groups excluding carboxylic acids is 1. The van der Waals surface area contributed by atoms with Gasteiger partial charge in [-0.1, -0.05) is 0 Å². The number of aromatic nitrogens is 2. The van der Waals surface area contributed by atoms with Gasteiger partial charge >= 0.3 is 0 Å². The van der Waals surface area contributed by atoms with Gasteiger partial charge < -0.3 is 14.5 Å². The molecule has 0 saturated carbocycles. The fourth-order valence-electron chi connectivity index (χ4n) is 4.03. The maximum atomic E-state index is 11.9. The highest BCUT2D eigenvalue weighted by molar-refractivity contribution is 5.91. The molecule has 7 nitrogen and oxygen atoms in total. The molecule has 2 aromatic rings. The lowest BCUT2D eigenvalue weighted by atomic mass is 9.79. The van der Waals surface area contributed by atoms with E-state index in [1.807, 2.05) is 17.9 Å². The molecule has 1 atom stereocenters. The second-order valence-electron chi connectivity index (χ2n) is 7.09. The van der Waals surface area contributed by atoms with Crippen LogP contribution in [0.2, 0.25) is 0 Å². The zero-order valence-electron chi connectivity index (χ0n) is 14.5. The molecule has 4 rings (SSSR count). The van der Waals surface area contributed by atoms with Crippen LogP contribution in [0, 0.1) is 5.92 Å². The predicted molar refractivity (Wildman–Crippen MR) is 90.9 cm³/mol. The lowest BCUT2D eigenvalue weighted by Crippen LogP contribution is -2.64. The van der Waals surface area contributed by atoms with Crippen molar-refractivity contribution in [3.8, 4) is 0 Å². The smallest absolute Gasteiger partial charge is 0.286 e. The summed E-state index contributed by atoms with van der Waals surface area (Å²) in [5, 5.41) is 7.16. The van der Waals surface area contributed by atoms with Crippen LogP contribution in [0.25, 0.3) is 0 Å². The van der Waals surface area contributed by atoms with Crippen molar-refractivity contribution >= 4 is 5.91 Å². The van der Waals surface area contributed by atoms with Crippen molar-refractivity contribution in [1.29, 1.82) is 0 Å². The van der Waals surface area contributed by atoms with Gasteiger partial charge in [-0.15, -0.1) is 0 Å². The molecule has 7 heteroatoms. The first kappa shape index (κ1) is 16.4.